The molecule has 3 rings (SSSR count). The van der Waals surface area contributed by atoms with Crippen LogP contribution in [0.2, 0.25) is 5.02 Å². The van der Waals surface area contributed by atoms with Crippen LogP contribution in [-0.4, -0.2) is 64.2 Å². The molecule has 1 atom stereocenters. The molecule has 1 fully saturated rings. The van der Waals surface area contributed by atoms with E-state index in [1.54, 1.807) is 43.3 Å². The molecule has 0 aromatic heterocycles. The van der Waals surface area contributed by atoms with Gasteiger partial charge >= 0.3 is 0 Å². The summed E-state index contributed by atoms with van der Waals surface area (Å²) < 4.78 is 37.3. The zero-order chi connectivity index (χ0) is 27.2. The van der Waals surface area contributed by atoms with Crippen LogP contribution in [0.1, 0.15) is 38.2 Å². The maximum absolute atomic E-state index is 13.7. The van der Waals surface area contributed by atoms with Crippen molar-refractivity contribution in [1.29, 1.82) is 0 Å². The first-order valence-corrected chi connectivity index (χ1v) is 14.3. The van der Waals surface area contributed by atoms with Crippen LogP contribution in [0.5, 0.6) is 11.5 Å². The second-order valence-corrected chi connectivity index (χ2v) is 11.5. The standard InChI is InChI=1S/C26H34ClN3O6S/c1-18(26(32)28-21-7-5-6-8-21)29(16-19-9-11-20(27)12-10-19)25(31)17-30(37(4,33)34)23-15-22(35-2)13-14-24(23)36-3/h9-15,18,21H,5-8,16-17H2,1-4H3,(H,28,32). The minimum absolute atomic E-state index is 0.0796. The maximum Gasteiger partial charge on any atom is 0.244 e. The van der Waals surface area contributed by atoms with Gasteiger partial charge in [-0.15, -0.1) is 0 Å². The summed E-state index contributed by atoms with van der Waals surface area (Å²) in [5.74, 6) is -0.159. The molecule has 0 bridgehead atoms. The second kappa shape index (κ2) is 12.5. The molecule has 0 radical (unpaired) electrons. The lowest BCUT2D eigenvalue weighted by molar-refractivity contribution is -0.139. The molecule has 11 heteroatoms. The molecule has 2 aromatic carbocycles. The van der Waals surface area contributed by atoms with Gasteiger partial charge in [0.05, 0.1) is 26.2 Å². The first-order valence-electron chi connectivity index (χ1n) is 12.1. The molecular weight excluding hydrogens is 518 g/mol. The Bertz CT molecular complexity index is 1200. The molecule has 9 nitrogen and oxygen atoms in total. The van der Waals surface area contributed by atoms with E-state index in [-0.39, 0.29) is 29.9 Å². The number of ether oxygens (including phenoxy) is 2. The number of carbonyl (C=O) groups excluding carboxylic acids is 2. The topological polar surface area (TPSA) is 105 Å². The van der Waals surface area contributed by atoms with Crippen molar-refractivity contribution in [2.75, 3.05) is 31.3 Å². The summed E-state index contributed by atoms with van der Waals surface area (Å²) in [5.41, 5.74) is 0.912. The molecule has 0 aliphatic heterocycles. The van der Waals surface area contributed by atoms with Gasteiger partial charge < -0.3 is 19.7 Å². The SMILES string of the molecule is COc1ccc(OC)c(N(CC(=O)N(Cc2ccc(Cl)cc2)C(C)C(=O)NC2CCCC2)S(C)(=O)=O)c1. The van der Waals surface area contributed by atoms with Gasteiger partial charge in [-0.3, -0.25) is 13.9 Å². The molecular formula is C26H34ClN3O6S. The van der Waals surface area contributed by atoms with Gasteiger partial charge in [0, 0.05) is 23.7 Å². The first-order chi connectivity index (χ1) is 17.5. The highest BCUT2D eigenvalue weighted by molar-refractivity contribution is 7.92. The van der Waals surface area contributed by atoms with Crippen LogP contribution in [0.15, 0.2) is 42.5 Å². The molecule has 202 valence electrons. The number of benzene rings is 2. The lowest BCUT2D eigenvalue weighted by Gasteiger charge is -2.32. The van der Waals surface area contributed by atoms with E-state index >= 15 is 0 Å². The van der Waals surface area contributed by atoms with Gasteiger partial charge in [-0.2, -0.15) is 0 Å². The molecule has 0 saturated heterocycles. The third-order valence-corrected chi connectivity index (χ3v) is 7.85. The summed E-state index contributed by atoms with van der Waals surface area (Å²) in [6.07, 6.45) is 4.93. The van der Waals surface area contributed by atoms with Crippen LogP contribution in [0.4, 0.5) is 5.69 Å². The fraction of sp³-hybridized carbons (Fsp3) is 0.462. The molecule has 1 aliphatic rings. The summed E-state index contributed by atoms with van der Waals surface area (Å²) in [7, 11) is -1.04. The second-order valence-electron chi connectivity index (χ2n) is 9.12. The molecule has 2 amide bonds. The first kappa shape index (κ1) is 28.6. The Hall–Kier alpha value is -2.98. The van der Waals surface area contributed by atoms with E-state index in [1.165, 1.54) is 25.2 Å². The summed E-state index contributed by atoms with van der Waals surface area (Å²) >= 11 is 6.02. The van der Waals surface area contributed by atoms with E-state index in [0.29, 0.717) is 10.8 Å². The summed E-state index contributed by atoms with van der Waals surface area (Å²) in [5, 5.41) is 3.58. The van der Waals surface area contributed by atoms with Gasteiger partial charge in [0.15, 0.2) is 0 Å². The van der Waals surface area contributed by atoms with Crippen LogP contribution in [0.25, 0.3) is 0 Å². The Morgan fingerprint density at radius 3 is 2.30 bits per heavy atom. The Balaban J connectivity index is 1.93. The van der Waals surface area contributed by atoms with Crippen molar-refractivity contribution < 1.29 is 27.5 Å². The fourth-order valence-electron chi connectivity index (χ4n) is 4.35. The minimum Gasteiger partial charge on any atom is -0.497 e. The fourth-order valence-corrected chi connectivity index (χ4v) is 5.32. The van der Waals surface area contributed by atoms with E-state index in [0.717, 1.165) is 41.8 Å². The largest absolute Gasteiger partial charge is 0.497 e. The van der Waals surface area contributed by atoms with Gasteiger partial charge in [-0.1, -0.05) is 36.6 Å². The van der Waals surface area contributed by atoms with Gasteiger partial charge in [0.2, 0.25) is 21.8 Å². The molecule has 1 unspecified atom stereocenters. The zero-order valence-electron chi connectivity index (χ0n) is 21.6. The molecule has 1 saturated carbocycles. The van der Waals surface area contributed by atoms with Crippen LogP contribution in [0.3, 0.4) is 0 Å². The number of halogens is 1. The van der Waals surface area contributed by atoms with Crippen molar-refractivity contribution >= 4 is 39.1 Å². The quantitative estimate of drug-likeness (QED) is 0.457. The van der Waals surface area contributed by atoms with Crippen molar-refractivity contribution in [3.63, 3.8) is 0 Å². The molecule has 0 heterocycles. The highest BCUT2D eigenvalue weighted by Gasteiger charge is 2.32. The Morgan fingerprint density at radius 2 is 1.73 bits per heavy atom. The van der Waals surface area contributed by atoms with Gasteiger partial charge in [0.25, 0.3) is 0 Å². The highest BCUT2D eigenvalue weighted by Crippen LogP contribution is 2.34. The Morgan fingerprint density at radius 1 is 1.08 bits per heavy atom. The predicted octanol–water partition coefficient (Wildman–Crippen LogP) is 3.60. The smallest absolute Gasteiger partial charge is 0.244 e. The highest BCUT2D eigenvalue weighted by atomic mass is 35.5. The number of hydrogen-bond acceptors (Lipinski definition) is 6. The minimum atomic E-state index is -3.91. The lowest BCUT2D eigenvalue weighted by Crippen LogP contribution is -2.52. The van der Waals surface area contributed by atoms with Crippen molar-refractivity contribution in [2.24, 2.45) is 0 Å². The number of carbonyl (C=O) groups is 2. The molecule has 2 aromatic rings. The lowest BCUT2D eigenvalue weighted by atomic mass is 10.1. The predicted molar refractivity (Wildman–Crippen MR) is 144 cm³/mol. The molecule has 1 N–H and O–H groups in total. The average molecular weight is 552 g/mol. The number of anilines is 1. The average Bonchev–Trinajstić information content (AvgIpc) is 3.38. The number of amides is 2. The van der Waals surface area contributed by atoms with Crippen molar-refractivity contribution in [2.45, 2.75) is 51.2 Å². The normalized spacial score (nSPS) is 14.6. The monoisotopic (exact) mass is 551 g/mol. The maximum atomic E-state index is 13.7. The number of hydrogen-bond donors (Lipinski definition) is 1. The van der Waals surface area contributed by atoms with E-state index in [9.17, 15) is 18.0 Å². The molecule has 37 heavy (non-hydrogen) atoms. The number of methoxy groups -OCH3 is 2. The van der Waals surface area contributed by atoms with Crippen LogP contribution in [-0.2, 0) is 26.2 Å². The number of nitrogens with one attached hydrogen (secondary N) is 1. The Kier molecular flexibility index (Phi) is 9.67. The number of rotatable bonds is 11. The van der Waals surface area contributed by atoms with Crippen molar-refractivity contribution in [3.05, 3.63) is 53.1 Å². The number of sulfonamides is 1. The third-order valence-electron chi connectivity index (χ3n) is 6.47. The summed E-state index contributed by atoms with van der Waals surface area (Å²) in [4.78, 5) is 28.2. The van der Waals surface area contributed by atoms with E-state index in [4.69, 9.17) is 21.1 Å². The Labute approximate surface area is 223 Å². The van der Waals surface area contributed by atoms with Crippen LogP contribution in [0, 0.1) is 0 Å². The summed E-state index contributed by atoms with van der Waals surface area (Å²) in [6.45, 7) is 1.22. The van der Waals surface area contributed by atoms with Crippen molar-refractivity contribution in [1.82, 2.24) is 10.2 Å². The summed E-state index contributed by atoms with van der Waals surface area (Å²) in [6, 6.07) is 10.9. The zero-order valence-corrected chi connectivity index (χ0v) is 23.1. The van der Waals surface area contributed by atoms with Crippen molar-refractivity contribution in [3.8, 4) is 11.5 Å². The van der Waals surface area contributed by atoms with E-state index < -0.39 is 28.5 Å². The third kappa shape index (κ3) is 7.52. The van der Waals surface area contributed by atoms with Gasteiger partial charge in [-0.25, -0.2) is 8.42 Å². The van der Waals surface area contributed by atoms with Crippen LogP contribution >= 0.6 is 11.6 Å². The van der Waals surface area contributed by atoms with E-state index in [1.807, 2.05) is 0 Å². The van der Waals surface area contributed by atoms with Gasteiger partial charge in [-0.05, 0) is 49.6 Å². The van der Waals surface area contributed by atoms with E-state index in [2.05, 4.69) is 5.32 Å². The van der Waals surface area contributed by atoms with Gasteiger partial charge in [0.1, 0.15) is 24.1 Å². The number of nitrogens with zero attached hydrogens (tertiary/aromatic N) is 2. The molecule has 1 aliphatic carbocycles. The van der Waals surface area contributed by atoms with Crippen LogP contribution < -0.4 is 19.1 Å². The molecule has 0 spiro atoms.